The van der Waals surface area contributed by atoms with Gasteiger partial charge in [-0.2, -0.15) is 0 Å². The molecule has 1 aromatic rings. The Morgan fingerprint density at radius 2 is 1.73 bits per heavy atom. The number of hydrogen-bond donors (Lipinski definition) is 2. The number of rotatable bonds is 4. The van der Waals surface area contributed by atoms with Gasteiger partial charge in [0.25, 0.3) is 0 Å². The van der Waals surface area contributed by atoms with Crippen molar-refractivity contribution in [3.05, 3.63) is 35.4 Å². The first-order valence-electron chi connectivity index (χ1n) is 4.86. The first-order chi connectivity index (χ1) is 6.99. The van der Waals surface area contributed by atoms with Gasteiger partial charge < -0.3 is 10.4 Å². The van der Waals surface area contributed by atoms with Gasteiger partial charge in [-0.1, -0.05) is 13.8 Å². The molecule has 0 fully saturated rings. The lowest BCUT2D eigenvalue weighted by atomic mass is 10.1. The van der Waals surface area contributed by atoms with Crippen molar-refractivity contribution in [3.8, 4) is 0 Å². The van der Waals surface area contributed by atoms with E-state index in [1.807, 2.05) is 13.8 Å². The van der Waals surface area contributed by atoms with Gasteiger partial charge >= 0.3 is 0 Å². The van der Waals surface area contributed by atoms with Crippen molar-refractivity contribution in [2.75, 3.05) is 6.54 Å². The van der Waals surface area contributed by atoms with Gasteiger partial charge in [0.2, 0.25) is 0 Å². The predicted octanol–water partition coefficient (Wildman–Crippen LogP) is 2.00. The molecule has 0 aliphatic rings. The number of hydrogen-bond acceptors (Lipinski definition) is 2. The van der Waals surface area contributed by atoms with Crippen LogP contribution in [0, 0.1) is 11.6 Å². The third-order valence-corrected chi connectivity index (χ3v) is 1.99. The molecule has 0 heterocycles. The maximum absolute atomic E-state index is 12.8. The smallest absolute Gasteiger partial charge is 0.126 e. The Labute approximate surface area is 87.9 Å². The molecule has 4 heteroatoms. The molecule has 15 heavy (non-hydrogen) atoms. The molecule has 0 aliphatic carbocycles. The number of aliphatic hydroxyl groups excluding tert-OH is 1. The zero-order valence-electron chi connectivity index (χ0n) is 8.80. The van der Waals surface area contributed by atoms with Crippen LogP contribution in [0.15, 0.2) is 18.2 Å². The number of aliphatic hydroxyl groups is 1. The van der Waals surface area contributed by atoms with E-state index in [0.717, 1.165) is 18.2 Å². The maximum Gasteiger partial charge on any atom is 0.126 e. The average Bonchev–Trinajstić information content (AvgIpc) is 2.12. The molecule has 1 atom stereocenters. The molecule has 2 N–H and O–H groups in total. The van der Waals surface area contributed by atoms with Crippen LogP contribution in [0.2, 0.25) is 0 Å². The van der Waals surface area contributed by atoms with Crippen LogP contribution in [0.25, 0.3) is 0 Å². The summed E-state index contributed by atoms with van der Waals surface area (Å²) in [7, 11) is 0. The zero-order chi connectivity index (χ0) is 11.4. The molecule has 1 aromatic carbocycles. The lowest BCUT2D eigenvalue weighted by Crippen LogP contribution is -2.28. The second kappa shape index (κ2) is 5.19. The van der Waals surface area contributed by atoms with Crippen molar-refractivity contribution < 1.29 is 13.9 Å². The van der Waals surface area contributed by atoms with E-state index in [-0.39, 0.29) is 18.2 Å². The highest BCUT2D eigenvalue weighted by Gasteiger charge is 2.10. The summed E-state index contributed by atoms with van der Waals surface area (Å²) in [6.45, 7) is 4.14. The Bertz CT molecular complexity index is 308. The summed E-state index contributed by atoms with van der Waals surface area (Å²) in [6, 6.07) is 3.27. The summed E-state index contributed by atoms with van der Waals surface area (Å²) >= 11 is 0. The van der Waals surface area contributed by atoms with Crippen LogP contribution in [-0.2, 0) is 0 Å². The van der Waals surface area contributed by atoms with E-state index >= 15 is 0 Å². The van der Waals surface area contributed by atoms with Crippen LogP contribution < -0.4 is 5.32 Å². The largest absolute Gasteiger partial charge is 0.387 e. The third kappa shape index (κ3) is 3.93. The van der Waals surface area contributed by atoms with Crippen molar-refractivity contribution in [2.24, 2.45) is 0 Å². The normalized spacial score (nSPS) is 13.2. The highest BCUT2D eigenvalue weighted by molar-refractivity contribution is 5.20. The van der Waals surface area contributed by atoms with Gasteiger partial charge in [-0.3, -0.25) is 0 Å². The van der Waals surface area contributed by atoms with Gasteiger partial charge in [-0.05, 0) is 17.7 Å². The van der Waals surface area contributed by atoms with Gasteiger partial charge in [0, 0.05) is 18.7 Å². The van der Waals surface area contributed by atoms with Gasteiger partial charge in [-0.25, -0.2) is 8.78 Å². The molecule has 0 amide bonds. The minimum atomic E-state index is -0.891. The van der Waals surface area contributed by atoms with Crippen LogP contribution in [0.5, 0.6) is 0 Å². The van der Waals surface area contributed by atoms with Crippen molar-refractivity contribution >= 4 is 0 Å². The van der Waals surface area contributed by atoms with E-state index in [2.05, 4.69) is 5.32 Å². The van der Waals surface area contributed by atoms with Crippen LogP contribution in [0.4, 0.5) is 8.78 Å². The summed E-state index contributed by atoms with van der Waals surface area (Å²) in [4.78, 5) is 0. The van der Waals surface area contributed by atoms with Crippen molar-refractivity contribution in [3.63, 3.8) is 0 Å². The number of halogens is 2. The Kier molecular flexibility index (Phi) is 4.17. The van der Waals surface area contributed by atoms with Gasteiger partial charge in [0.1, 0.15) is 11.6 Å². The molecule has 0 spiro atoms. The second-order valence-corrected chi connectivity index (χ2v) is 3.78. The molecular formula is C11H15F2NO. The molecule has 84 valence electrons. The van der Waals surface area contributed by atoms with Crippen LogP contribution >= 0.6 is 0 Å². The molecule has 0 bridgehead atoms. The fourth-order valence-electron chi connectivity index (χ4n) is 1.23. The second-order valence-electron chi connectivity index (χ2n) is 3.78. The fraction of sp³-hybridized carbons (Fsp3) is 0.455. The van der Waals surface area contributed by atoms with E-state index in [1.165, 1.54) is 0 Å². The molecule has 1 unspecified atom stereocenters. The molecule has 2 nitrogen and oxygen atoms in total. The average molecular weight is 215 g/mol. The quantitative estimate of drug-likeness (QED) is 0.805. The Hall–Kier alpha value is -1.00. The highest BCUT2D eigenvalue weighted by atomic mass is 19.1. The molecule has 1 rings (SSSR count). The number of nitrogens with one attached hydrogen (secondary N) is 1. The van der Waals surface area contributed by atoms with Crippen molar-refractivity contribution in [1.82, 2.24) is 5.32 Å². The molecule has 0 aliphatic heterocycles. The predicted molar refractivity (Wildman–Crippen MR) is 54.5 cm³/mol. The van der Waals surface area contributed by atoms with Crippen LogP contribution in [0.3, 0.4) is 0 Å². The van der Waals surface area contributed by atoms with Gasteiger partial charge in [-0.15, -0.1) is 0 Å². The Morgan fingerprint density at radius 1 is 1.20 bits per heavy atom. The van der Waals surface area contributed by atoms with E-state index in [4.69, 9.17) is 0 Å². The van der Waals surface area contributed by atoms with Gasteiger partial charge in [0.15, 0.2) is 0 Å². The van der Waals surface area contributed by atoms with E-state index in [0.29, 0.717) is 0 Å². The van der Waals surface area contributed by atoms with E-state index in [9.17, 15) is 13.9 Å². The first kappa shape index (κ1) is 12.1. The Balaban J connectivity index is 2.68. The topological polar surface area (TPSA) is 32.3 Å². The number of benzene rings is 1. The van der Waals surface area contributed by atoms with Crippen LogP contribution in [-0.4, -0.2) is 17.7 Å². The summed E-state index contributed by atoms with van der Waals surface area (Å²) in [5, 5.41) is 12.6. The van der Waals surface area contributed by atoms with Crippen molar-refractivity contribution in [1.29, 1.82) is 0 Å². The molecule has 0 saturated carbocycles. The molecule has 0 aromatic heterocycles. The van der Waals surface area contributed by atoms with Gasteiger partial charge in [0.05, 0.1) is 6.10 Å². The SMILES string of the molecule is CC(C)NCC(O)c1cc(F)cc(F)c1. The minimum Gasteiger partial charge on any atom is -0.387 e. The lowest BCUT2D eigenvalue weighted by Gasteiger charge is -2.14. The molecular weight excluding hydrogens is 200 g/mol. The standard InChI is InChI=1S/C11H15F2NO/c1-7(2)14-6-11(15)8-3-9(12)5-10(13)4-8/h3-5,7,11,14-15H,6H2,1-2H3. The minimum absolute atomic E-state index is 0.220. The van der Waals surface area contributed by atoms with E-state index < -0.39 is 17.7 Å². The maximum atomic E-state index is 12.8. The van der Waals surface area contributed by atoms with Crippen molar-refractivity contribution in [2.45, 2.75) is 26.0 Å². The summed E-state index contributed by atoms with van der Waals surface area (Å²) in [6.07, 6.45) is -0.891. The monoisotopic (exact) mass is 215 g/mol. The first-order valence-corrected chi connectivity index (χ1v) is 4.86. The molecule has 0 saturated heterocycles. The summed E-state index contributed by atoms with van der Waals surface area (Å²) in [5.41, 5.74) is 0.251. The molecule has 0 radical (unpaired) electrons. The highest BCUT2D eigenvalue weighted by Crippen LogP contribution is 2.15. The zero-order valence-corrected chi connectivity index (χ0v) is 8.80. The lowest BCUT2D eigenvalue weighted by molar-refractivity contribution is 0.170. The third-order valence-electron chi connectivity index (χ3n) is 1.99. The van der Waals surface area contributed by atoms with Crippen LogP contribution in [0.1, 0.15) is 25.5 Å². The Morgan fingerprint density at radius 3 is 2.20 bits per heavy atom. The fourth-order valence-corrected chi connectivity index (χ4v) is 1.23. The summed E-state index contributed by atoms with van der Waals surface area (Å²) in [5.74, 6) is -1.35. The summed E-state index contributed by atoms with van der Waals surface area (Å²) < 4.78 is 25.6. The van der Waals surface area contributed by atoms with E-state index in [1.54, 1.807) is 0 Å².